The topological polar surface area (TPSA) is 55.8 Å². The minimum atomic E-state index is 0. The highest BCUT2D eigenvalue weighted by Crippen LogP contribution is 2.16. The molecule has 2 heterocycles. The number of aliphatic imine (C=N–C) groups is 1. The Morgan fingerprint density at radius 1 is 1.07 bits per heavy atom. The van der Waals surface area contributed by atoms with Gasteiger partial charge in [0.2, 0.25) is 0 Å². The zero-order valence-corrected chi connectivity index (χ0v) is 20.5. The van der Waals surface area contributed by atoms with E-state index in [1.165, 1.54) is 62.0 Å². The van der Waals surface area contributed by atoms with Gasteiger partial charge in [0.1, 0.15) is 0 Å². The number of nitrogens with zero attached hydrogens (tertiary/aromatic N) is 4. The Morgan fingerprint density at radius 3 is 2.33 bits per heavy atom. The third-order valence-corrected chi connectivity index (χ3v) is 6.17. The van der Waals surface area contributed by atoms with E-state index in [2.05, 4.69) is 51.2 Å². The van der Waals surface area contributed by atoms with Crippen molar-refractivity contribution in [3.05, 3.63) is 15.6 Å². The number of unbranched alkanes of at least 4 members (excludes halogenated alkanes) is 1. The molecule has 1 aliphatic rings. The third-order valence-electron chi connectivity index (χ3n) is 5.03. The number of rotatable bonds is 9. The van der Waals surface area contributed by atoms with Crippen LogP contribution in [-0.2, 0) is 6.42 Å². The molecule has 0 amide bonds. The summed E-state index contributed by atoms with van der Waals surface area (Å²) in [5.41, 5.74) is 1.16. The molecule has 27 heavy (non-hydrogen) atoms. The number of likely N-dealkylation sites (N-methyl/N-ethyl adjacent to an activating group) is 1. The van der Waals surface area contributed by atoms with E-state index < -0.39 is 0 Å². The second-order valence-electron chi connectivity index (χ2n) is 6.91. The minimum Gasteiger partial charge on any atom is -0.356 e. The van der Waals surface area contributed by atoms with Crippen LogP contribution in [0.2, 0.25) is 0 Å². The van der Waals surface area contributed by atoms with Gasteiger partial charge in [0.05, 0.1) is 10.7 Å². The van der Waals surface area contributed by atoms with E-state index in [9.17, 15) is 0 Å². The average Bonchev–Trinajstić information content (AvgIpc) is 2.98. The first-order chi connectivity index (χ1) is 12.6. The maximum absolute atomic E-state index is 4.58. The highest BCUT2D eigenvalue weighted by molar-refractivity contribution is 14.0. The standard InChI is InChI=1S/C19H36N6S.HI/c1-5-24-12-14-25(15-13-24)11-7-6-9-21-19(20-4)22-10-8-18-23-16(2)17(3)26-18;/h5-15H2,1-4H3,(H2,20,21,22);1H. The van der Waals surface area contributed by atoms with E-state index in [0.717, 1.165) is 31.2 Å². The fourth-order valence-corrected chi connectivity index (χ4v) is 4.08. The normalized spacial score (nSPS) is 16.2. The van der Waals surface area contributed by atoms with Gasteiger partial charge in [0.15, 0.2) is 5.96 Å². The van der Waals surface area contributed by atoms with Crippen LogP contribution in [0.1, 0.15) is 35.3 Å². The van der Waals surface area contributed by atoms with Crippen LogP contribution in [0.15, 0.2) is 4.99 Å². The van der Waals surface area contributed by atoms with Crippen molar-refractivity contribution in [1.82, 2.24) is 25.4 Å². The first-order valence-corrected chi connectivity index (χ1v) is 10.8. The molecule has 156 valence electrons. The Labute approximate surface area is 186 Å². The van der Waals surface area contributed by atoms with Crippen molar-refractivity contribution in [3.63, 3.8) is 0 Å². The first-order valence-electron chi connectivity index (χ1n) is 9.94. The van der Waals surface area contributed by atoms with Gasteiger partial charge in [-0.05, 0) is 39.8 Å². The Hall–Kier alpha value is -0.450. The van der Waals surface area contributed by atoms with Crippen LogP contribution in [-0.4, -0.2) is 80.1 Å². The van der Waals surface area contributed by atoms with E-state index >= 15 is 0 Å². The smallest absolute Gasteiger partial charge is 0.190 e. The summed E-state index contributed by atoms with van der Waals surface area (Å²) < 4.78 is 0. The van der Waals surface area contributed by atoms with Crippen molar-refractivity contribution in [2.75, 3.05) is 59.4 Å². The Bertz CT molecular complexity index is 535. The molecular weight excluding hydrogens is 471 g/mol. The molecule has 0 bridgehead atoms. The van der Waals surface area contributed by atoms with Crippen LogP contribution in [0, 0.1) is 13.8 Å². The van der Waals surface area contributed by atoms with Crippen LogP contribution in [0.3, 0.4) is 0 Å². The lowest BCUT2D eigenvalue weighted by Crippen LogP contribution is -2.46. The predicted molar refractivity (Wildman–Crippen MR) is 128 cm³/mol. The summed E-state index contributed by atoms with van der Waals surface area (Å²) in [6.45, 7) is 15.6. The summed E-state index contributed by atoms with van der Waals surface area (Å²) in [5, 5.41) is 8.01. The zero-order chi connectivity index (χ0) is 18.8. The number of hydrogen-bond acceptors (Lipinski definition) is 5. The largest absolute Gasteiger partial charge is 0.356 e. The molecule has 2 rings (SSSR count). The second kappa shape index (κ2) is 13.7. The molecule has 1 saturated heterocycles. The van der Waals surface area contributed by atoms with Gasteiger partial charge in [-0.1, -0.05) is 6.92 Å². The maximum atomic E-state index is 4.58. The van der Waals surface area contributed by atoms with Gasteiger partial charge in [-0.15, -0.1) is 35.3 Å². The van der Waals surface area contributed by atoms with E-state index in [0.29, 0.717) is 0 Å². The van der Waals surface area contributed by atoms with E-state index in [-0.39, 0.29) is 24.0 Å². The molecule has 0 saturated carbocycles. The predicted octanol–water partition coefficient (Wildman–Crippen LogP) is 2.50. The molecule has 2 N–H and O–H groups in total. The second-order valence-corrected chi connectivity index (χ2v) is 8.20. The van der Waals surface area contributed by atoms with Crippen LogP contribution in [0.5, 0.6) is 0 Å². The van der Waals surface area contributed by atoms with Gasteiger partial charge in [0, 0.05) is 57.6 Å². The van der Waals surface area contributed by atoms with Crippen molar-refractivity contribution in [3.8, 4) is 0 Å². The Morgan fingerprint density at radius 2 is 1.74 bits per heavy atom. The molecule has 1 aromatic heterocycles. The van der Waals surface area contributed by atoms with Crippen LogP contribution in [0.4, 0.5) is 0 Å². The molecule has 0 aromatic carbocycles. The van der Waals surface area contributed by atoms with Crippen molar-refractivity contribution >= 4 is 41.3 Å². The van der Waals surface area contributed by atoms with Crippen LogP contribution >= 0.6 is 35.3 Å². The zero-order valence-electron chi connectivity index (χ0n) is 17.4. The van der Waals surface area contributed by atoms with Gasteiger partial charge in [-0.2, -0.15) is 0 Å². The molecule has 0 spiro atoms. The summed E-state index contributed by atoms with van der Waals surface area (Å²) in [4.78, 5) is 15.3. The molecule has 0 aliphatic carbocycles. The lowest BCUT2D eigenvalue weighted by Gasteiger charge is -2.34. The number of aryl methyl sites for hydroxylation is 2. The summed E-state index contributed by atoms with van der Waals surface area (Å²) in [6.07, 6.45) is 3.37. The highest BCUT2D eigenvalue weighted by Gasteiger charge is 2.14. The van der Waals surface area contributed by atoms with Gasteiger partial charge in [-0.3, -0.25) is 4.99 Å². The number of piperazine rings is 1. The molecule has 1 aliphatic heterocycles. The van der Waals surface area contributed by atoms with Crippen molar-refractivity contribution in [2.45, 2.75) is 40.0 Å². The highest BCUT2D eigenvalue weighted by atomic mass is 127. The third kappa shape index (κ3) is 9.06. The van der Waals surface area contributed by atoms with Gasteiger partial charge < -0.3 is 20.4 Å². The summed E-state index contributed by atoms with van der Waals surface area (Å²) in [6, 6.07) is 0. The lowest BCUT2D eigenvalue weighted by atomic mass is 10.2. The SMILES string of the molecule is CCN1CCN(CCCCNC(=NC)NCCc2nc(C)c(C)s2)CC1.I. The number of halogens is 1. The molecule has 6 nitrogen and oxygen atoms in total. The first kappa shape index (κ1) is 24.6. The molecule has 1 aromatic rings. The molecule has 8 heteroatoms. The Balaban J connectivity index is 0.00000364. The lowest BCUT2D eigenvalue weighted by molar-refractivity contribution is 0.136. The average molecular weight is 509 g/mol. The number of nitrogens with one attached hydrogen (secondary N) is 2. The molecule has 0 atom stereocenters. The van der Waals surface area contributed by atoms with E-state index in [1.807, 2.05) is 7.05 Å². The van der Waals surface area contributed by atoms with Gasteiger partial charge >= 0.3 is 0 Å². The summed E-state index contributed by atoms with van der Waals surface area (Å²) in [7, 11) is 1.83. The molecule has 0 unspecified atom stereocenters. The molecule has 0 radical (unpaired) electrons. The van der Waals surface area contributed by atoms with E-state index in [1.54, 1.807) is 11.3 Å². The number of guanidine groups is 1. The number of hydrogen-bond donors (Lipinski definition) is 2. The quantitative estimate of drug-likeness (QED) is 0.233. The maximum Gasteiger partial charge on any atom is 0.190 e. The van der Waals surface area contributed by atoms with Crippen molar-refractivity contribution in [2.24, 2.45) is 4.99 Å². The van der Waals surface area contributed by atoms with Crippen LogP contribution < -0.4 is 10.6 Å². The summed E-state index contributed by atoms with van der Waals surface area (Å²) >= 11 is 1.79. The fourth-order valence-electron chi connectivity index (χ4n) is 3.15. The van der Waals surface area contributed by atoms with Crippen molar-refractivity contribution in [1.29, 1.82) is 0 Å². The minimum absolute atomic E-state index is 0. The van der Waals surface area contributed by atoms with Crippen molar-refractivity contribution < 1.29 is 0 Å². The van der Waals surface area contributed by atoms with Crippen LogP contribution in [0.25, 0.3) is 0 Å². The number of aromatic nitrogens is 1. The Kier molecular flexibility index (Phi) is 12.5. The van der Waals surface area contributed by atoms with E-state index in [4.69, 9.17) is 0 Å². The van der Waals surface area contributed by atoms with Gasteiger partial charge in [-0.25, -0.2) is 4.98 Å². The van der Waals surface area contributed by atoms with Gasteiger partial charge in [0.25, 0.3) is 0 Å². The molecular formula is C19H37IN6S. The fraction of sp³-hybridized carbons (Fsp3) is 0.789. The monoisotopic (exact) mass is 508 g/mol. The summed E-state index contributed by atoms with van der Waals surface area (Å²) in [5.74, 6) is 0.895. The molecule has 1 fully saturated rings. The number of thiazole rings is 1.